The second-order valence-electron chi connectivity index (χ2n) is 6.43. The third-order valence-corrected chi connectivity index (χ3v) is 4.85. The Balaban J connectivity index is 1.70. The van der Waals surface area contributed by atoms with Crippen molar-refractivity contribution in [3.8, 4) is 0 Å². The molecule has 2 aliphatic rings. The average Bonchev–Trinajstić information content (AvgIpc) is 2.99. The number of rotatable bonds is 2. The van der Waals surface area contributed by atoms with Gasteiger partial charge < -0.3 is 14.4 Å². The summed E-state index contributed by atoms with van der Waals surface area (Å²) in [5.74, 6) is -0.00553. The molecule has 6 heteroatoms. The zero-order valence-corrected chi connectivity index (χ0v) is 13.5. The first-order chi connectivity index (χ1) is 10.5. The molecule has 1 unspecified atom stereocenters. The summed E-state index contributed by atoms with van der Waals surface area (Å²) in [5, 5.41) is 0. The minimum Gasteiger partial charge on any atom is -0.341 e. The van der Waals surface area contributed by atoms with Gasteiger partial charge in [0.15, 0.2) is 0 Å². The fraction of sp³-hybridized carbons (Fsp3) is 0.625. The average molecular weight is 304 g/mol. The molecule has 0 aromatic carbocycles. The van der Waals surface area contributed by atoms with Crippen molar-refractivity contribution in [1.82, 2.24) is 19.3 Å². The first-order valence-corrected chi connectivity index (χ1v) is 7.94. The van der Waals surface area contributed by atoms with Gasteiger partial charge in [-0.05, 0) is 26.0 Å². The van der Waals surface area contributed by atoms with Crippen LogP contribution >= 0.6 is 0 Å². The number of hydrogen-bond donors (Lipinski definition) is 0. The van der Waals surface area contributed by atoms with Crippen molar-refractivity contribution in [3.05, 3.63) is 24.0 Å². The van der Waals surface area contributed by atoms with Crippen LogP contribution in [0.1, 0.15) is 24.3 Å². The van der Waals surface area contributed by atoms with Gasteiger partial charge in [0.25, 0.3) is 5.91 Å². The van der Waals surface area contributed by atoms with Gasteiger partial charge >= 0.3 is 0 Å². The van der Waals surface area contributed by atoms with Crippen LogP contribution in [0.3, 0.4) is 0 Å². The Labute approximate surface area is 131 Å². The summed E-state index contributed by atoms with van der Waals surface area (Å²) in [4.78, 5) is 31.0. The number of fused-ring (bicyclic) bond motifs is 1. The van der Waals surface area contributed by atoms with E-state index in [1.807, 2.05) is 21.7 Å². The highest BCUT2D eigenvalue weighted by molar-refractivity contribution is 5.97. The molecular formula is C16H24N4O2. The molecule has 6 nitrogen and oxygen atoms in total. The summed E-state index contributed by atoms with van der Waals surface area (Å²) in [6.07, 6.45) is 1.87. The first-order valence-electron chi connectivity index (χ1n) is 7.94. The third-order valence-electron chi connectivity index (χ3n) is 4.85. The third kappa shape index (κ3) is 2.52. The molecule has 2 aliphatic heterocycles. The van der Waals surface area contributed by atoms with Gasteiger partial charge in [-0.3, -0.25) is 14.5 Å². The molecule has 1 fully saturated rings. The van der Waals surface area contributed by atoms with Gasteiger partial charge in [-0.2, -0.15) is 0 Å². The summed E-state index contributed by atoms with van der Waals surface area (Å²) in [6.45, 7) is 8.21. The highest BCUT2D eigenvalue weighted by Gasteiger charge is 2.37. The van der Waals surface area contributed by atoms with Gasteiger partial charge in [0.2, 0.25) is 5.91 Å². The Morgan fingerprint density at radius 3 is 2.55 bits per heavy atom. The van der Waals surface area contributed by atoms with Gasteiger partial charge in [-0.25, -0.2) is 0 Å². The Morgan fingerprint density at radius 1 is 1.23 bits per heavy atom. The van der Waals surface area contributed by atoms with Crippen LogP contribution < -0.4 is 0 Å². The van der Waals surface area contributed by atoms with Gasteiger partial charge in [0.1, 0.15) is 11.7 Å². The van der Waals surface area contributed by atoms with Crippen LogP contribution in [0.15, 0.2) is 18.3 Å². The standard InChI is InChI=1S/C16H24N4O2/c1-12(2)18-7-9-19(10-8-18)16(22)14-11-20-6-4-5-13(20)15(21)17(14)3/h4-6,12,14H,7-11H2,1-3H3. The van der Waals surface area contributed by atoms with Crippen molar-refractivity contribution in [2.45, 2.75) is 32.5 Å². The van der Waals surface area contributed by atoms with Gasteiger partial charge in [0.05, 0.1) is 6.54 Å². The Bertz CT molecular complexity index is 572. The molecule has 0 saturated carbocycles. The predicted molar refractivity (Wildman–Crippen MR) is 83.6 cm³/mol. The number of carbonyl (C=O) groups excluding carboxylic acids is 2. The Hall–Kier alpha value is -1.82. The molecule has 0 spiro atoms. The summed E-state index contributed by atoms with van der Waals surface area (Å²) in [7, 11) is 1.73. The van der Waals surface area contributed by atoms with E-state index in [-0.39, 0.29) is 11.8 Å². The van der Waals surface area contributed by atoms with Gasteiger partial charge in [0, 0.05) is 45.5 Å². The number of piperazine rings is 1. The van der Waals surface area contributed by atoms with Crippen LogP contribution in [0, 0.1) is 0 Å². The van der Waals surface area contributed by atoms with Crippen LogP contribution in [0.4, 0.5) is 0 Å². The number of amides is 2. The molecular weight excluding hydrogens is 280 g/mol. The van der Waals surface area contributed by atoms with Crippen LogP contribution in [-0.4, -0.2) is 76.4 Å². The van der Waals surface area contributed by atoms with E-state index < -0.39 is 6.04 Å². The highest BCUT2D eigenvalue weighted by Crippen LogP contribution is 2.19. The molecule has 1 aromatic rings. The SMILES string of the molecule is CC(C)N1CCN(C(=O)C2Cn3cccc3C(=O)N2C)CC1. The maximum Gasteiger partial charge on any atom is 0.270 e. The topological polar surface area (TPSA) is 48.8 Å². The van der Waals surface area contributed by atoms with Crippen LogP contribution in [-0.2, 0) is 11.3 Å². The van der Waals surface area contributed by atoms with E-state index >= 15 is 0 Å². The number of nitrogens with zero attached hydrogens (tertiary/aromatic N) is 4. The van der Waals surface area contributed by atoms with E-state index in [0.29, 0.717) is 18.3 Å². The van der Waals surface area contributed by atoms with E-state index in [1.54, 1.807) is 18.0 Å². The molecule has 0 aliphatic carbocycles. The van der Waals surface area contributed by atoms with E-state index in [0.717, 1.165) is 26.2 Å². The zero-order chi connectivity index (χ0) is 15.9. The zero-order valence-electron chi connectivity index (χ0n) is 13.5. The normalized spacial score (nSPS) is 23.1. The maximum atomic E-state index is 12.8. The molecule has 1 atom stereocenters. The largest absolute Gasteiger partial charge is 0.341 e. The molecule has 0 bridgehead atoms. The predicted octanol–water partition coefficient (Wildman–Crippen LogP) is 0.495. The van der Waals surface area contributed by atoms with Crippen molar-refractivity contribution in [2.24, 2.45) is 0 Å². The molecule has 3 rings (SSSR count). The molecule has 3 heterocycles. The number of hydrogen-bond acceptors (Lipinski definition) is 3. The maximum absolute atomic E-state index is 12.8. The van der Waals surface area contributed by atoms with Crippen LogP contribution in [0.2, 0.25) is 0 Å². The highest BCUT2D eigenvalue weighted by atomic mass is 16.2. The first kappa shape index (κ1) is 15.1. The molecule has 1 aromatic heterocycles. The summed E-state index contributed by atoms with van der Waals surface area (Å²) in [6, 6.07) is 3.78. The lowest BCUT2D eigenvalue weighted by atomic mass is 10.1. The van der Waals surface area contributed by atoms with Crippen LogP contribution in [0.25, 0.3) is 0 Å². The quantitative estimate of drug-likeness (QED) is 0.799. The molecule has 2 amide bonds. The summed E-state index contributed by atoms with van der Waals surface area (Å²) >= 11 is 0. The minimum absolute atomic E-state index is 0.0682. The lowest BCUT2D eigenvalue weighted by Gasteiger charge is -2.41. The number of aromatic nitrogens is 1. The summed E-state index contributed by atoms with van der Waals surface area (Å²) in [5.41, 5.74) is 0.663. The van der Waals surface area contributed by atoms with Gasteiger partial charge in [-0.1, -0.05) is 0 Å². The van der Waals surface area contributed by atoms with Crippen LogP contribution in [0.5, 0.6) is 0 Å². The molecule has 120 valence electrons. The van der Waals surface area contributed by atoms with Crippen molar-refractivity contribution in [1.29, 1.82) is 0 Å². The smallest absolute Gasteiger partial charge is 0.270 e. The van der Waals surface area contributed by atoms with Crippen molar-refractivity contribution >= 4 is 11.8 Å². The van der Waals surface area contributed by atoms with Crippen molar-refractivity contribution in [3.63, 3.8) is 0 Å². The van der Waals surface area contributed by atoms with Crippen molar-refractivity contribution in [2.75, 3.05) is 33.2 Å². The van der Waals surface area contributed by atoms with E-state index in [4.69, 9.17) is 0 Å². The van der Waals surface area contributed by atoms with E-state index in [2.05, 4.69) is 18.7 Å². The lowest BCUT2D eigenvalue weighted by molar-refractivity contribution is -0.138. The molecule has 0 radical (unpaired) electrons. The molecule has 1 saturated heterocycles. The van der Waals surface area contributed by atoms with E-state index in [9.17, 15) is 9.59 Å². The van der Waals surface area contributed by atoms with E-state index in [1.165, 1.54) is 0 Å². The second-order valence-corrected chi connectivity index (χ2v) is 6.43. The fourth-order valence-corrected chi connectivity index (χ4v) is 3.31. The monoisotopic (exact) mass is 304 g/mol. The van der Waals surface area contributed by atoms with Crippen molar-refractivity contribution < 1.29 is 9.59 Å². The number of carbonyl (C=O) groups is 2. The van der Waals surface area contributed by atoms with Gasteiger partial charge in [-0.15, -0.1) is 0 Å². The molecule has 22 heavy (non-hydrogen) atoms. The Morgan fingerprint density at radius 2 is 1.91 bits per heavy atom. The summed E-state index contributed by atoms with van der Waals surface area (Å²) < 4.78 is 1.88. The lowest BCUT2D eigenvalue weighted by Crippen LogP contribution is -2.58. The Kier molecular flexibility index (Phi) is 3.95. The molecule has 0 N–H and O–H groups in total. The number of likely N-dealkylation sites (N-methyl/N-ethyl adjacent to an activating group) is 1. The minimum atomic E-state index is -0.391. The fourth-order valence-electron chi connectivity index (χ4n) is 3.31. The second kappa shape index (κ2) is 5.76.